The standard InChI is InChI=1S/C25H21NO5S/c27-23(17-8-9-18-19(15-17)31-13-12-30-18)21-22(20-7-4-14-32-20)26(25(29)24(21)28)11-10-16-5-2-1-3-6-16/h1-9,14-15,22,27H,10-13H2/b23-21+. The number of likely N-dealkylation sites (tertiary alicyclic amines) is 1. The molecule has 1 atom stereocenters. The maximum atomic E-state index is 13.1. The molecule has 2 aliphatic rings. The SMILES string of the molecule is O=C1C(=O)N(CCc2ccccc2)C(c2cccs2)/C1=C(\O)c1ccc2c(c1)OCCO2. The van der Waals surface area contributed by atoms with Crippen LogP contribution in [0, 0.1) is 0 Å². The molecule has 162 valence electrons. The Labute approximate surface area is 189 Å². The molecule has 5 rings (SSSR count). The fourth-order valence-corrected chi connectivity index (χ4v) is 4.94. The van der Waals surface area contributed by atoms with E-state index in [1.165, 1.54) is 11.3 Å². The smallest absolute Gasteiger partial charge is 0.295 e. The summed E-state index contributed by atoms with van der Waals surface area (Å²) in [5, 5.41) is 13.1. The molecule has 3 heterocycles. The normalized spacial score (nSPS) is 19.4. The van der Waals surface area contributed by atoms with Crippen LogP contribution in [0.15, 0.2) is 71.6 Å². The Morgan fingerprint density at radius 1 is 1.00 bits per heavy atom. The number of aliphatic hydroxyl groups excluding tert-OH is 1. The lowest BCUT2D eigenvalue weighted by molar-refractivity contribution is -0.139. The molecule has 0 bridgehead atoms. The van der Waals surface area contributed by atoms with Crippen molar-refractivity contribution in [2.45, 2.75) is 12.5 Å². The first-order valence-corrected chi connectivity index (χ1v) is 11.3. The van der Waals surface area contributed by atoms with Gasteiger partial charge in [0.1, 0.15) is 19.0 Å². The van der Waals surface area contributed by atoms with Crippen LogP contribution in [0.2, 0.25) is 0 Å². The summed E-state index contributed by atoms with van der Waals surface area (Å²) in [4.78, 5) is 28.5. The number of thiophene rings is 1. The van der Waals surface area contributed by atoms with Gasteiger partial charge < -0.3 is 19.5 Å². The molecule has 0 aliphatic carbocycles. The number of benzene rings is 2. The van der Waals surface area contributed by atoms with Crippen LogP contribution in [0.1, 0.15) is 22.0 Å². The number of carbonyl (C=O) groups excluding carboxylic acids is 2. The topological polar surface area (TPSA) is 76.1 Å². The van der Waals surface area contributed by atoms with Crippen molar-refractivity contribution >= 4 is 28.8 Å². The van der Waals surface area contributed by atoms with Crippen molar-refractivity contribution in [1.82, 2.24) is 4.90 Å². The zero-order valence-electron chi connectivity index (χ0n) is 17.2. The van der Waals surface area contributed by atoms with Crippen molar-refractivity contribution in [3.8, 4) is 11.5 Å². The molecule has 1 saturated heterocycles. The number of fused-ring (bicyclic) bond motifs is 1. The third-order valence-electron chi connectivity index (χ3n) is 5.65. The van der Waals surface area contributed by atoms with Crippen LogP contribution in [-0.2, 0) is 16.0 Å². The van der Waals surface area contributed by atoms with E-state index in [2.05, 4.69) is 0 Å². The number of aliphatic hydroxyl groups is 1. The van der Waals surface area contributed by atoms with E-state index < -0.39 is 17.7 Å². The Bertz CT molecular complexity index is 1190. The first kappa shape index (κ1) is 20.3. The summed E-state index contributed by atoms with van der Waals surface area (Å²) in [6, 6.07) is 18.0. The van der Waals surface area contributed by atoms with Crippen LogP contribution in [0.25, 0.3) is 5.76 Å². The van der Waals surface area contributed by atoms with Crippen LogP contribution < -0.4 is 9.47 Å². The summed E-state index contributed by atoms with van der Waals surface area (Å²) >= 11 is 1.45. The summed E-state index contributed by atoms with van der Waals surface area (Å²) in [5.41, 5.74) is 1.59. The van der Waals surface area contributed by atoms with Gasteiger partial charge in [-0.2, -0.15) is 0 Å². The van der Waals surface area contributed by atoms with Gasteiger partial charge in [0.25, 0.3) is 11.7 Å². The molecule has 1 N–H and O–H groups in total. The van der Waals surface area contributed by atoms with E-state index in [9.17, 15) is 14.7 Å². The van der Waals surface area contributed by atoms with Crippen molar-refractivity contribution < 1.29 is 24.2 Å². The first-order valence-electron chi connectivity index (χ1n) is 10.4. The molecular weight excluding hydrogens is 426 g/mol. The van der Waals surface area contributed by atoms with E-state index in [1.54, 1.807) is 23.1 Å². The molecule has 1 unspecified atom stereocenters. The summed E-state index contributed by atoms with van der Waals surface area (Å²) in [6.07, 6.45) is 0.611. The van der Waals surface area contributed by atoms with Gasteiger partial charge >= 0.3 is 0 Å². The van der Waals surface area contributed by atoms with E-state index in [4.69, 9.17) is 9.47 Å². The van der Waals surface area contributed by atoms with Gasteiger partial charge in [-0.25, -0.2) is 0 Å². The average molecular weight is 448 g/mol. The van der Waals surface area contributed by atoms with Crippen molar-refractivity contribution in [2.75, 3.05) is 19.8 Å². The Balaban J connectivity index is 1.54. The maximum absolute atomic E-state index is 13.1. The quantitative estimate of drug-likeness (QED) is 0.361. The van der Waals surface area contributed by atoms with E-state index in [1.807, 2.05) is 47.8 Å². The highest BCUT2D eigenvalue weighted by atomic mass is 32.1. The fourth-order valence-electron chi connectivity index (χ4n) is 4.09. The highest BCUT2D eigenvalue weighted by molar-refractivity contribution is 7.10. The lowest BCUT2D eigenvalue weighted by Gasteiger charge is -2.24. The molecule has 1 amide bonds. The highest BCUT2D eigenvalue weighted by Crippen LogP contribution is 2.42. The molecule has 0 radical (unpaired) electrons. The molecular formula is C25H21NO5S. The second kappa shape index (κ2) is 8.51. The first-order chi connectivity index (χ1) is 15.6. The molecule has 2 aromatic carbocycles. The van der Waals surface area contributed by atoms with Gasteiger partial charge in [0, 0.05) is 17.0 Å². The predicted molar refractivity (Wildman–Crippen MR) is 121 cm³/mol. The van der Waals surface area contributed by atoms with E-state index >= 15 is 0 Å². The summed E-state index contributed by atoms with van der Waals surface area (Å²) in [7, 11) is 0. The molecule has 7 heteroatoms. The maximum Gasteiger partial charge on any atom is 0.295 e. The van der Waals surface area contributed by atoms with Crippen molar-refractivity contribution in [3.05, 3.63) is 87.6 Å². The summed E-state index contributed by atoms with van der Waals surface area (Å²) in [6.45, 7) is 1.24. The number of hydrogen-bond acceptors (Lipinski definition) is 6. The second-order valence-corrected chi connectivity index (χ2v) is 8.58. The predicted octanol–water partition coefficient (Wildman–Crippen LogP) is 4.18. The molecule has 1 aromatic heterocycles. The van der Waals surface area contributed by atoms with Crippen LogP contribution >= 0.6 is 11.3 Å². The van der Waals surface area contributed by atoms with Crippen LogP contribution in [0.3, 0.4) is 0 Å². The third-order valence-corrected chi connectivity index (χ3v) is 6.58. The Morgan fingerprint density at radius 2 is 1.78 bits per heavy atom. The number of nitrogens with zero attached hydrogens (tertiary/aromatic N) is 1. The van der Waals surface area contributed by atoms with E-state index in [0.717, 1.165) is 10.4 Å². The molecule has 32 heavy (non-hydrogen) atoms. The number of hydrogen-bond donors (Lipinski definition) is 1. The minimum absolute atomic E-state index is 0.0992. The van der Waals surface area contributed by atoms with Crippen molar-refractivity contribution in [1.29, 1.82) is 0 Å². The molecule has 1 fully saturated rings. The van der Waals surface area contributed by atoms with Gasteiger partial charge in [-0.3, -0.25) is 9.59 Å². The number of ketones is 1. The lowest BCUT2D eigenvalue weighted by atomic mass is 9.99. The van der Waals surface area contributed by atoms with Crippen molar-refractivity contribution in [2.24, 2.45) is 0 Å². The van der Waals surface area contributed by atoms with Gasteiger partial charge in [0.05, 0.1) is 11.6 Å². The molecule has 2 aliphatic heterocycles. The third kappa shape index (κ3) is 3.65. The average Bonchev–Trinajstić information content (AvgIpc) is 3.45. The largest absolute Gasteiger partial charge is 0.507 e. The fraction of sp³-hybridized carbons (Fsp3) is 0.200. The zero-order valence-corrected chi connectivity index (χ0v) is 18.0. The van der Waals surface area contributed by atoms with Gasteiger partial charge in [0.2, 0.25) is 0 Å². The number of ether oxygens (including phenoxy) is 2. The molecule has 0 spiro atoms. The highest BCUT2D eigenvalue weighted by Gasteiger charge is 2.46. The monoisotopic (exact) mass is 447 g/mol. The minimum atomic E-state index is -0.677. The molecule has 0 saturated carbocycles. The Hall–Kier alpha value is -3.58. The Kier molecular flexibility index (Phi) is 5.41. The number of rotatable bonds is 5. The Morgan fingerprint density at radius 3 is 2.53 bits per heavy atom. The minimum Gasteiger partial charge on any atom is -0.507 e. The van der Waals surface area contributed by atoms with Crippen LogP contribution in [-0.4, -0.2) is 41.5 Å². The summed E-state index contributed by atoms with van der Waals surface area (Å²) in [5.74, 6) is -0.389. The van der Waals surface area contributed by atoms with Gasteiger partial charge in [-0.1, -0.05) is 36.4 Å². The molecule has 6 nitrogen and oxygen atoms in total. The number of Topliss-reactive ketones (excluding diaryl/α,β-unsaturated/α-hetero) is 1. The van der Waals surface area contributed by atoms with Gasteiger partial charge in [0.15, 0.2) is 11.5 Å². The van der Waals surface area contributed by atoms with E-state index in [0.29, 0.717) is 43.2 Å². The molecule has 3 aromatic rings. The van der Waals surface area contributed by atoms with Crippen LogP contribution in [0.5, 0.6) is 11.5 Å². The van der Waals surface area contributed by atoms with Crippen LogP contribution in [0.4, 0.5) is 0 Å². The van der Waals surface area contributed by atoms with Crippen molar-refractivity contribution in [3.63, 3.8) is 0 Å². The van der Waals surface area contributed by atoms with Gasteiger partial charge in [-0.15, -0.1) is 11.3 Å². The second-order valence-electron chi connectivity index (χ2n) is 7.60. The number of amides is 1. The zero-order chi connectivity index (χ0) is 22.1. The summed E-state index contributed by atoms with van der Waals surface area (Å²) < 4.78 is 11.2. The van der Waals surface area contributed by atoms with Gasteiger partial charge in [-0.05, 0) is 41.6 Å². The number of carbonyl (C=O) groups is 2. The van der Waals surface area contributed by atoms with E-state index in [-0.39, 0.29) is 11.3 Å². The lowest BCUT2D eigenvalue weighted by Crippen LogP contribution is -2.31.